The predicted octanol–water partition coefficient (Wildman–Crippen LogP) is 2.31. The number of fused-ring (bicyclic) bond motifs is 1. The van der Waals surface area contributed by atoms with Crippen LogP contribution in [0.1, 0.15) is 16.8 Å². The van der Waals surface area contributed by atoms with E-state index in [1.807, 2.05) is 6.07 Å². The van der Waals surface area contributed by atoms with Gasteiger partial charge in [-0.25, -0.2) is 22.7 Å². The fraction of sp³-hybridized carbons (Fsp3) is 0.200. The lowest BCUT2D eigenvalue weighted by Gasteiger charge is -2.07. The number of nitrogens with zero attached hydrogens (tertiary/aromatic N) is 1. The van der Waals surface area contributed by atoms with Crippen molar-refractivity contribution in [3.63, 3.8) is 0 Å². The maximum Gasteiger partial charge on any atom is 0.419 e. The van der Waals surface area contributed by atoms with E-state index in [1.54, 1.807) is 18.2 Å². The average molecular weight is 416 g/mol. The number of hydrogen-bond acceptors (Lipinski definition) is 6. The molecule has 2 aromatic carbocycles. The van der Waals surface area contributed by atoms with Crippen LogP contribution in [0.25, 0.3) is 11.1 Å². The van der Waals surface area contributed by atoms with Crippen LogP contribution in [-0.2, 0) is 21.3 Å². The van der Waals surface area contributed by atoms with E-state index in [0.29, 0.717) is 24.1 Å². The van der Waals surface area contributed by atoms with E-state index >= 15 is 0 Å². The summed E-state index contributed by atoms with van der Waals surface area (Å²) in [6.45, 7) is 4.01. The van der Waals surface area contributed by atoms with Crippen molar-refractivity contribution in [1.82, 2.24) is 9.29 Å². The van der Waals surface area contributed by atoms with Gasteiger partial charge in [0.2, 0.25) is 10.0 Å². The lowest BCUT2D eigenvalue weighted by Crippen LogP contribution is -2.23. The van der Waals surface area contributed by atoms with Gasteiger partial charge in [0.1, 0.15) is 0 Å². The Labute approximate surface area is 167 Å². The molecule has 1 N–H and O–H groups in total. The third-order valence-corrected chi connectivity index (χ3v) is 5.59. The topological polar surface area (TPSA) is 108 Å². The van der Waals surface area contributed by atoms with Crippen molar-refractivity contribution in [2.24, 2.45) is 0 Å². The standard InChI is InChI=1S/C20H20N2O6S/c1-2-12-21-29(25,26)16-10-8-15(9-11-16)19(23)27-14-5-13-22-17-6-3-4-7-18(17)28-20(22)24/h2-4,6-11,21H,1,5,12-14H2. The first-order valence-electron chi connectivity index (χ1n) is 8.88. The summed E-state index contributed by atoms with van der Waals surface area (Å²) >= 11 is 0. The van der Waals surface area contributed by atoms with Gasteiger partial charge in [-0.05, 0) is 42.8 Å². The van der Waals surface area contributed by atoms with Crippen molar-refractivity contribution >= 4 is 27.1 Å². The number of ether oxygens (including phenoxy) is 1. The van der Waals surface area contributed by atoms with Gasteiger partial charge in [-0.1, -0.05) is 18.2 Å². The molecular formula is C20H20N2O6S. The minimum Gasteiger partial charge on any atom is -0.462 e. The fourth-order valence-corrected chi connectivity index (χ4v) is 3.72. The van der Waals surface area contributed by atoms with E-state index in [-0.39, 0.29) is 23.6 Å². The molecule has 0 fully saturated rings. The molecule has 0 unspecified atom stereocenters. The maximum absolute atomic E-state index is 12.1. The molecular weight excluding hydrogens is 396 g/mol. The molecule has 0 spiro atoms. The molecule has 8 nitrogen and oxygen atoms in total. The normalized spacial score (nSPS) is 11.4. The second kappa shape index (κ2) is 8.89. The van der Waals surface area contributed by atoms with Crippen molar-refractivity contribution in [1.29, 1.82) is 0 Å². The third kappa shape index (κ3) is 4.82. The van der Waals surface area contributed by atoms with E-state index in [2.05, 4.69) is 11.3 Å². The number of nitrogens with one attached hydrogen (secondary N) is 1. The summed E-state index contributed by atoms with van der Waals surface area (Å²) in [5.74, 6) is -1.03. The SMILES string of the molecule is C=CCNS(=O)(=O)c1ccc(C(=O)OCCCn2c(=O)oc3ccccc32)cc1. The van der Waals surface area contributed by atoms with Crippen LogP contribution in [0.15, 0.2) is 75.3 Å². The Morgan fingerprint density at radius 2 is 1.90 bits per heavy atom. The molecule has 152 valence electrons. The van der Waals surface area contributed by atoms with Crippen LogP contribution in [-0.4, -0.2) is 32.1 Å². The molecule has 3 rings (SSSR count). The highest BCUT2D eigenvalue weighted by Gasteiger charge is 2.14. The lowest BCUT2D eigenvalue weighted by molar-refractivity contribution is 0.0495. The lowest BCUT2D eigenvalue weighted by atomic mass is 10.2. The van der Waals surface area contributed by atoms with Gasteiger partial charge in [-0.15, -0.1) is 6.58 Å². The van der Waals surface area contributed by atoms with Crippen LogP contribution >= 0.6 is 0 Å². The second-order valence-corrected chi connectivity index (χ2v) is 7.91. The van der Waals surface area contributed by atoms with Gasteiger partial charge in [0.15, 0.2) is 5.58 Å². The summed E-state index contributed by atoms with van der Waals surface area (Å²) in [5, 5.41) is 0. The number of para-hydroxylation sites is 2. The van der Waals surface area contributed by atoms with Gasteiger partial charge in [-0.3, -0.25) is 4.57 Å². The molecule has 1 aromatic heterocycles. The first-order chi connectivity index (χ1) is 13.9. The molecule has 0 aliphatic carbocycles. The van der Waals surface area contributed by atoms with E-state index in [0.717, 1.165) is 0 Å². The number of sulfonamides is 1. The Kier molecular flexibility index (Phi) is 6.30. The molecule has 9 heteroatoms. The summed E-state index contributed by atoms with van der Waals surface area (Å²) in [6.07, 6.45) is 1.86. The third-order valence-electron chi connectivity index (χ3n) is 4.15. The second-order valence-electron chi connectivity index (χ2n) is 6.14. The number of aryl methyl sites for hydroxylation is 1. The Hall–Kier alpha value is -3.17. The molecule has 0 bridgehead atoms. The largest absolute Gasteiger partial charge is 0.462 e. The zero-order valence-electron chi connectivity index (χ0n) is 15.5. The fourth-order valence-electron chi connectivity index (χ4n) is 2.72. The van der Waals surface area contributed by atoms with E-state index in [9.17, 15) is 18.0 Å². The number of benzene rings is 2. The van der Waals surface area contributed by atoms with Gasteiger partial charge >= 0.3 is 11.7 Å². The van der Waals surface area contributed by atoms with Crippen LogP contribution < -0.4 is 10.5 Å². The summed E-state index contributed by atoms with van der Waals surface area (Å²) < 4.78 is 38.2. The molecule has 0 aliphatic rings. The minimum absolute atomic E-state index is 0.0436. The van der Waals surface area contributed by atoms with Crippen LogP contribution in [0.3, 0.4) is 0 Å². The molecule has 0 radical (unpaired) electrons. The van der Waals surface area contributed by atoms with Gasteiger partial charge in [0.25, 0.3) is 0 Å². The molecule has 0 aliphatic heterocycles. The summed E-state index contributed by atoms with van der Waals surface area (Å²) in [6, 6.07) is 12.5. The Bertz CT molecular complexity index is 1180. The highest BCUT2D eigenvalue weighted by Crippen LogP contribution is 2.13. The quantitative estimate of drug-likeness (QED) is 0.326. The molecule has 0 saturated carbocycles. The number of aromatic nitrogens is 1. The monoisotopic (exact) mass is 416 g/mol. The first-order valence-corrected chi connectivity index (χ1v) is 10.4. The molecule has 3 aromatic rings. The van der Waals surface area contributed by atoms with Crippen molar-refractivity contribution < 1.29 is 22.4 Å². The summed E-state index contributed by atoms with van der Waals surface area (Å²) in [5.41, 5.74) is 1.43. The highest BCUT2D eigenvalue weighted by molar-refractivity contribution is 7.89. The molecule has 1 heterocycles. The van der Waals surface area contributed by atoms with E-state index < -0.39 is 21.7 Å². The van der Waals surface area contributed by atoms with Crippen molar-refractivity contribution in [2.45, 2.75) is 17.9 Å². The van der Waals surface area contributed by atoms with Gasteiger partial charge in [0, 0.05) is 13.1 Å². The first kappa shape index (κ1) is 20.6. The highest BCUT2D eigenvalue weighted by atomic mass is 32.2. The van der Waals surface area contributed by atoms with Gasteiger partial charge < -0.3 is 9.15 Å². The van der Waals surface area contributed by atoms with E-state index in [1.165, 1.54) is 34.9 Å². The van der Waals surface area contributed by atoms with Crippen LogP contribution in [0.4, 0.5) is 0 Å². The summed E-state index contributed by atoms with van der Waals surface area (Å²) in [4.78, 5) is 24.1. The number of esters is 1. The molecule has 0 saturated heterocycles. The Morgan fingerprint density at radius 1 is 1.17 bits per heavy atom. The summed E-state index contributed by atoms with van der Waals surface area (Å²) in [7, 11) is -3.65. The zero-order valence-corrected chi connectivity index (χ0v) is 16.4. The smallest absolute Gasteiger partial charge is 0.419 e. The number of rotatable bonds is 9. The minimum atomic E-state index is -3.65. The van der Waals surface area contributed by atoms with Crippen molar-refractivity contribution in [2.75, 3.05) is 13.2 Å². The Morgan fingerprint density at radius 3 is 2.62 bits per heavy atom. The molecule has 0 amide bonds. The number of hydrogen-bond donors (Lipinski definition) is 1. The van der Waals surface area contributed by atoms with Crippen LogP contribution in [0.2, 0.25) is 0 Å². The van der Waals surface area contributed by atoms with Crippen molar-refractivity contribution in [3.05, 3.63) is 77.3 Å². The van der Waals surface area contributed by atoms with Crippen molar-refractivity contribution in [3.8, 4) is 0 Å². The number of oxazole rings is 1. The zero-order chi connectivity index (χ0) is 20.9. The number of carbonyl (C=O) groups is 1. The molecule has 0 atom stereocenters. The molecule has 29 heavy (non-hydrogen) atoms. The predicted molar refractivity (Wildman–Crippen MR) is 107 cm³/mol. The van der Waals surface area contributed by atoms with E-state index in [4.69, 9.17) is 9.15 Å². The van der Waals surface area contributed by atoms with Crippen LogP contribution in [0.5, 0.6) is 0 Å². The maximum atomic E-state index is 12.1. The van der Waals surface area contributed by atoms with Crippen LogP contribution in [0, 0.1) is 0 Å². The average Bonchev–Trinajstić information content (AvgIpc) is 3.04. The van der Waals surface area contributed by atoms with Gasteiger partial charge in [0.05, 0.1) is 22.6 Å². The Balaban J connectivity index is 1.55. The van der Waals surface area contributed by atoms with Gasteiger partial charge in [-0.2, -0.15) is 0 Å². The number of carbonyl (C=O) groups excluding carboxylic acids is 1.